The average Bonchev–Trinajstić information content (AvgIpc) is 2.82. The van der Waals surface area contributed by atoms with Crippen LogP contribution in [0.15, 0.2) is 42.9 Å². The van der Waals surface area contributed by atoms with Gasteiger partial charge in [0.1, 0.15) is 24.4 Å². The van der Waals surface area contributed by atoms with Crippen molar-refractivity contribution in [1.82, 2.24) is 19.8 Å². The average molecular weight is 451 g/mol. The lowest BCUT2D eigenvalue weighted by molar-refractivity contribution is 0.0351. The molecule has 1 spiro atoms. The molecule has 4 rings (SSSR count). The van der Waals surface area contributed by atoms with Gasteiger partial charge in [0, 0.05) is 38.9 Å². The summed E-state index contributed by atoms with van der Waals surface area (Å²) in [5, 5.41) is 0. The Morgan fingerprint density at radius 1 is 1.09 bits per heavy atom. The first-order valence-corrected chi connectivity index (χ1v) is 12.5. The predicted octanol–water partition coefficient (Wildman–Crippen LogP) is 4.46. The predicted molar refractivity (Wildman–Crippen MR) is 130 cm³/mol. The summed E-state index contributed by atoms with van der Waals surface area (Å²) in [4.78, 5) is 25.6. The van der Waals surface area contributed by atoms with Crippen LogP contribution >= 0.6 is 0 Å². The number of amides is 1. The largest absolute Gasteiger partial charge is 0.492 e. The van der Waals surface area contributed by atoms with E-state index in [0.29, 0.717) is 11.6 Å². The number of piperidine rings is 1. The van der Waals surface area contributed by atoms with Crippen LogP contribution in [-0.4, -0.2) is 65.0 Å². The maximum Gasteiger partial charge on any atom is 0.272 e. The van der Waals surface area contributed by atoms with E-state index in [4.69, 9.17) is 4.74 Å². The number of benzene rings is 1. The number of aryl methyl sites for hydroxylation is 1. The van der Waals surface area contributed by atoms with Gasteiger partial charge in [-0.2, -0.15) is 0 Å². The molecule has 0 unspecified atom stereocenters. The quantitative estimate of drug-likeness (QED) is 0.691. The van der Waals surface area contributed by atoms with Crippen molar-refractivity contribution in [1.29, 1.82) is 0 Å². The number of hydrogen-bond donors (Lipinski definition) is 0. The standard InChI is InChI=1S/C27H38N4O2/c1-22(2)19-30-17-18-33-25-9-4-3-7-23(25)8-5-6-11-27(20-30)12-15-31(16-13-27)26(32)24-10-14-28-21-29-24/h3-4,7,9-10,14,21-22H,5-6,8,11-13,15-20H2,1-2H3. The number of carbonyl (C=O) groups is 1. The maximum absolute atomic E-state index is 12.9. The first-order valence-electron chi connectivity index (χ1n) is 12.5. The highest BCUT2D eigenvalue weighted by Crippen LogP contribution is 2.38. The Labute approximate surface area is 198 Å². The minimum atomic E-state index is 0.0319. The lowest BCUT2D eigenvalue weighted by Crippen LogP contribution is -2.49. The minimum absolute atomic E-state index is 0.0319. The van der Waals surface area contributed by atoms with Crippen LogP contribution in [-0.2, 0) is 6.42 Å². The van der Waals surface area contributed by atoms with Crippen LogP contribution < -0.4 is 4.74 Å². The molecule has 6 nitrogen and oxygen atoms in total. The molecule has 6 heteroatoms. The Balaban J connectivity index is 1.46. The molecule has 0 atom stereocenters. The molecule has 1 aromatic carbocycles. The highest BCUT2D eigenvalue weighted by molar-refractivity contribution is 5.92. The Morgan fingerprint density at radius 2 is 1.91 bits per heavy atom. The van der Waals surface area contributed by atoms with Crippen molar-refractivity contribution in [2.45, 2.75) is 52.4 Å². The van der Waals surface area contributed by atoms with E-state index in [1.54, 1.807) is 12.3 Å². The molecule has 0 aliphatic carbocycles. The molecule has 33 heavy (non-hydrogen) atoms. The molecule has 1 aromatic heterocycles. The minimum Gasteiger partial charge on any atom is -0.492 e. The zero-order valence-electron chi connectivity index (χ0n) is 20.2. The maximum atomic E-state index is 12.9. The molecule has 2 aliphatic heterocycles. The third-order valence-corrected chi connectivity index (χ3v) is 7.14. The molecular weight excluding hydrogens is 412 g/mol. The van der Waals surface area contributed by atoms with Crippen LogP contribution in [0.4, 0.5) is 0 Å². The zero-order valence-corrected chi connectivity index (χ0v) is 20.2. The number of carbonyl (C=O) groups excluding carboxylic acids is 1. The molecule has 0 bridgehead atoms. The summed E-state index contributed by atoms with van der Waals surface area (Å²) in [6, 6.07) is 10.2. The first-order chi connectivity index (χ1) is 16.0. The molecule has 1 saturated heterocycles. The summed E-state index contributed by atoms with van der Waals surface area (Å²) in [6.45, 7) is 10.0. The van der Waals surface area contributed by atoms with Crippen molar-refractivity contribution >= 4 is 5.91 Å². The Bertz CT molecular complexity index is 894. The molecule has 1 amide bonds. The van der Waals surface area contributed by atoms with E-state index < -0.39 is 0 Å². The first kappa shape index (κ1) is 23.7. The van der Waals surface area contributed by atoms with Crippen LogP contribution in [0.5, 0.6) is 5.75 Å². The Hall–Kier alpha value is -2.47. The molecule has 0 radical (unpaired) electrons. The second-order valence-electron chi connectivity index (χ2n) is 10.2. The van der Waals surface area contributed by atoms with E-state index in [1.807, 2.05) is 4.90 Å². The van der Waals surface area contributed by atoms with Crippen LogP contribution in [0.25, 0.3) is 0 Å². The molecule has 2 aliphatic rings. The van der Waals surface area contributed by atoms with Gasteiger partial charge in [0.2, 0.25) is 0 Å². The number of aromatic nitrogens is 2. The lowest BCUT2D eigenvalue weighted by Gasteiger charge is -2.45. The van der Waals surface area contributed by atoms with Gasteiger partial charge in [0.25, 0.3) is 5.91 Å². The summed E-state index contributed by atoms with van der Waals surface area (Å²) >= 11 is 0. The van der Waals surface area contributed by atoms with E-state index in [0.717, 1.165) is 64.3 Å². The summed E-state index contributed by atoms with van der Waals surface area (Å²) in [5.74, 6) is 1.69. The van der Waals surface area contributed by atoms with Crippen LogP contribution in [0.2, 0.25) is 0 Å². The van der Waals surface area contributed by atoms with Gasteiger partial charge in [-0.25, -0.2) is 9.97 Å². The van der Waals surface area contributed by atoms with Crippen molar-refractivity contribution in [2.24, 2.45) is 11.3 Å². The molecule has 2 aromatic rings. The van der Waals surface area contributed by atoms with Crippen molar-refractivity contribution in [3.05, 3.63) is 54.1 Å². The van der Waals surface area contributed by atoms with Crippen molar-refractivity contribution in [3.63, 3.8) is 0 Å². The van der Waals surface area contributed by atoms with Gasteiger partial charge < -0.3 is 9.64 Å². The fraction of sp³-hybridized carbons (Fsp3) is 0.593. The molecule has 1 fully saturated rings. The number of fused-ring (bicyclic) bond motifs is 1. The lowest BCUT2D eigenvalue weighted by atomic mass is 9.73. The van der Waals surface area contributed by atoms with Crippen LogP contribution in [0, 0.1) is 11.3 Å². The van der Waals surface area contributed by atoms with Crippen LogP contribution in [0.1, 0.15) is 62.0 Å². The molecular formula is C27H38N4O2. The number of rotatable bonds is 3. The van der Waals surface area contributed by atoms with Crippen LogP contribution in [0.3, 0.4) is 0 Å². The van der Waals surface area contributed by atoms with Gasteiger partial charge in [-0.1, -0.05) is 38.5 Å². The molecule has 3 heterocycles. The SMILES string of the molecule is CC(C)CN1CCOc2ccccc2CCCCC2(CCN(C(=O)c3ccncn3)CC2)C1. The number of ether oxygens (including phenoxy) is 1. The number of hydrogen-bond acceptors (Lipinski definition) is 5. The third-order valence-electron chi connectivity index (χ3n) is 7.14. The second-order valence-corrected chi connectivity index (χ2v) is 10.2. The second kappa shape index (κ2) is 11.1. The summed E-state index contributed by atoms with van der Waals surface area (Å²) in [6.07, 6.45) is 9.88. The fourth-order valence-electron chi connectivity index (χ4n) is 5.43. The van der Waals surface area contributed by atoms with Crippen molar-refractivity contribution < 1.29 is 9.53 Å². The Kier molecular flexibility index (Phi) is 7.97. The highest BCUT2D eigenvalue weighted by atomic mass is 16.5. The third kappa shape index (κ3) is 6.32. The molecule has 0 N–H and O–H groups in total. The van der Waals surface area contributed by atoms with Gasteiger partial charge in [-0.3, -0.25) is 9.69 Å². The van der Waals surface area contributed by atoms with E-state index >= 15 is 0 Å². The topological polar surface area (TPSA) is 58.6 Å². The fourth-order valence-corrected chi connectivity index (χ4v) is 5.43. The molecule has 178 valence electrons. The number of likely N-dealkylation sites (tertiary alicyclic amines) is 1. The van der Waals surface area contributed by atoms with Gasteiger partial charge in [-0.15, -0.1) is 0 Å². The van der Waals surface area contributed by atoms with Gasteiger partial charge in [-0.05, 0) is 61.1 Å². The summed E-state index contributed by atoms with van der Waals surface area (Å²) in [7, 11) is 0. The molecule has 0 saturated carbocycles. The highest BCUT2D eigenvalue weighted by Gasteiger charge is 2.37. The van der Waals surface area contributed by atoms with E-state index in [9.17, 15) is 4.79 Å². The smallest absolute Gasteiger partial charge is 0.272 e. The normalized spacial score (nSPS) is 19.9. The summed E-state index contributed by atoms with van der Waals surface area (Å²) in [5.41, 5.74) is 2.08. The number of nitrogens with zero attached hydrogens (tertiary/aromatic N) is 4. The van der Waals surface area contributed by atoms with Crippen molar-refractivity contribution in [2.75, 3.05) is 39.3 Å². The van der Waals surface area contributed by atoms with E-state index in [1.165, 1.54) is 31.2 Å². The van der Waals surface area contributed by atoms with Gasteiger partial charge >= 0.3 is 0 Å². The Morgan fingerprint density at radius 3 is 2.67 bits per heavy atom. The van der Waals surface area contributed by atoms with Gasteiger partial charge in [0.15, 0.2) is 0 Å². The summed E-state index contributed by atoms with van der Waals surface area (Å²) < 4.78 is 6.24. The monoisotopic (exact) mass is 450 g/mol. The van der Waals surface area contributed by atoms with E-state index in [2.05, 4.69) is 53.0 Å². The van der Waals surface area contributed by atoms with E-state index in [-0.39, 0.29) is 11.3 Å². The zero-order chi connectivity index (χ0) is 23.1. The van der Waals surface area contributed by atoms with Gasteiger partial charge in [0.05, 0.1) is 0 Å². The van der Waals surface area contributed by atoms with Crippen molar-refractivity contribution in [3.8, 4) is 5.75 Å². The number of para-hydroxylation sites is 1.